The monoisotopic (exact) mass is 567 g/mol. The van der Waals surface area contributed by atoms with Crippen molar-refractivity contribution in [1.29, 1.82) is 0 Å². The molecule has 1 saturated heterocycles. The van der Waals surface area contributed by atoms with Crippen molar-refractivity contribution in [3.05, 3.63) is 119 Å². The van der Waals surface area contributed by atoms with Crippen LogP contribution >= 0.6 is 11.3 Å². The smallest absolute Gasteiger partial charge is 0.257 e. The third-order valence-electron chi connectivity index (χ3n) is 7.05. The van der Waals surface area contributed by atoms with Crippen LogP contribution in [-0.4, -0.2) is 33.6 Å². The molecule has 5 aromatic rings. The zero-order chi connectivity index (χ0) is 28.7. The van der Waals surface area contributed by atoms with E-state index in [-0.39, 0.29) is 18.5 Å². The molecular weight excluding hydrogens is 544 g/mol. The summed E-state index contributed by atoms with van der Waals surface area (Å²) < 4.78 is 29.2. The topological polar surface area (TPSA) is 70.6 Å². The number of hydrogen-bond acceptors (Lipinski definition) is 5. The highest BCUT2D eigenvalue weighted by molar-refractivity contribution is 7.21. The van der Waals surface area contributed by atoms with Gasteiger partial charge in [0, 0.05) is 12.1 Å². The number of nitrogens with zero attached hydrogens (tertiary/aromatic N) is 3. The number of amides is 3. The lowest BCUT2D eigenvalue weighted by Crippen LogP contribution is -2.45. The predicted octanol–water partition coefficient (Wildman–Crippen LogP) is 6.52. The third-order valence-corrected chi connectivity index (χ3v) is 8.11. The first-order chi connectivity index (χ1) is 19.8. The zero-order valence-electron chi connectivity index (χ0n) is 21.9. The van der Waals surface area contributed by atoms with Gasteiger partial charge in [0.15, 0.2) is 0 Å². The number of imide groups is 1. The number of fused-ring (bicyclic) bond motifs is 1. The summed E-state index contributed by atoms with van der Waals surface area (Å²) in [7, 11) is 0. The lowest BCUT2D eigenvalue weighted by Gasteiger charge is -2.28. The molecule has 1 aromatic heterocycles. The minimum atomic E-state index is -1.16. The van der Waals surface area contributed by atoms with Gasteiger partial charge in [0.2, 0.25) is 5.91 Å². The molecule has 0 bridgehead atoms. The maximum atomic E-state index is 14.6. The molecule has 4 aromatic carbocycles. The quantitative estimate of drug-likeness (QED) is 0.219. The molecule has 1 fully saturated rings. The maximum Gasteiger partial charge on any atom is 0.257 e. The molecule has 0 N–H and O–H groups in total. The maximum absolute atomic E-state index is 14.6. The Morgan fingerprint density at radius 2 is 1.71 bits per heavy atom. The van der Waals surface area contributed by atoms with Crippen LogP contribution < -0.4 is 4.90 Å². The van der Waals surface area contributed by atoms with Gasteiger partial charge in [-0.3, -0.25) is 14.4 Å². The van der Waals surface area contributed by atoms with Crippen molar-refractivity contribution < 1.29 is 23.2 Å². The van der Waals surface area contributed by atoms with Crippen molar-refractivity contribution in [2.24, 2.45) is 0 Å². The number of benzene rings is 4. The first kappa shape index (κ1) is 26.5. The van der Waals surface area contributed by atoms with E-state index in [1.807, 2.05) is 19.1 Å². The molecule has 1 unspecified atom stereocenters. The fourth-order valence-electron chi connectivity index (χ4n) is 4.94. The summed E-state index contributed by atoms with van der Waals surface area (Å²) in [5, 5.41) is 0.815. The Kier molecular flexibility index (Phi) is 6.88. The fourth-order valence-corrected chi connectivity index (χ4v) is 6.01. The summed E-state index contributed by atoms with van der Waals surface area (Å²) in [5.41, 5.74) is 3.56. The predicted molar refractivity (Wildman–Crippen MR) is 153 cm³/mol. The summed E-state index contributed by atoms with van der Waals surface area (Å²) in [6, 6.07) is 22.8. The van der Waals surface area contributed by atoms with E-state index in [1.165, 1.54) is 47.4 Å². The molecule has 9 heteroatoms. The van der Waals surface area contributed by atoms with Gasteiger partial charge in [-0.15, -0.1) is 11.3 Å². The number of hydrogen-bond donors (Lipinski definition) is 0. The number of aryl methyl sites for hydroxylation is 1. The van der Waals surface area contributed by atoms with Gasteiger partial charge in [-0.1, -0.05) is 30.3 Å². The Labute approximate surface area is 238 Å². The number of carbonyl (C=O) groups is 3. The van der Waals surface area contributed by atoms with Gasteiger partial charge in [0.25, 0.3) is 11.8 Å². The molecule has 41 heavy (non-hydrogen) atoms. The summed E-state index contributed by atoms with van der Waals surface area (Å²) in [4.78, 5) is 47.3. The van der Waals surface area contributed by atoms with E-state index in [9.17, 15) is 23.2 Å². The third kappa shape index (κ3) is 5.12. The number of carbonyl (C=O) groups excluding carboxylic acids is 3. The standard InChI is InChI=1S/C32H23F2N3O3S/c1-19-6-15-26-28(16-19)41-30(35-26)21-9-13-23(14-10-21)37-29(38)17-27(32(37)40)36(18-20-7-11-22(33)12-8-20)31(39)24-4-2-3-5-25(24)34/h2-16,27H,17-18H2,1H3. The zero-order valence-corrected chi connectivity index (χ0v) is 22.7. The highest BCUT2D eigenvalue weighted by Gasteiger charge is 2.45. The minimum Gasteiger partial charge on any atom is -0.322 e. The Morgan fingerprint density at radius 3 is 2.44 bits per heavy atom. The van der Waals surface area contributed by atoms with E-state index < -0.39 is 35.4 Å². The van der Waals surface area contributed by atoms with Crippen LogP contribution in [0.5, 0.6) is 0 Å². The second-order valence-corrected chi connectivity index (χ2v) is 10.9. The molecule has 1 atom stereocenters. The molecule has 0 radical (unpaired) electrons. The highest BCUT2D eigenvalue weighted by atomic mass is 32.1. The van der Waals surface area contributed by atoms with Gasteiger partial charge in [0.1, 0.15) is 22.7 Å². The van der Waals surface area contributed by atoms with Crippen molar-refractivity contribution >= 4 is 45.0 Å². The van der Waals surface area contributed by atoms with Crippen LogP contribution in [0.4, 0.5) is 14.5 Å². The Hall–Kier alpha value is -4.76. The van der Waals surface area contributed by atoms with Crippen LogP contribution in [0.3, 0.4) is 0 Å². The van der Waals surface area contributed by atoms with Gasteiger partial charge in [0.05, 0.1) is 27.9 Å². The van der Waals surface area contributed by atoms with Gasteiger partial charge in [-0.25, -0.2) is 18.7 Å². The van der Waals surface area contributed by atoms with Crippen LogP contribution in [0.15, 0.2) is 91.0 Å². The average Bonchev–Trinajstić information content (AvgIpc) is 3.52. The van der Waals surface area contributed by atoms with Gasteiger partial charge in [-0.2, -0.15) is 0 Å². The lowest BCUT2D eigenvalue weighted by atomic mass is 10.1. The van der Waals surface area contributed by atoms with E-state index in [0.29, 0.717) is 11.3 Å². The van der Waals surface area contributed by atoms with E-state index in [0.717, 1.165) is 37.3 Å². The van der Waals surface area contributed by atoms with Crippen molar-refractivity contribution in [2.75, 3.05) is 4.90 Å². The summed E-state index contributed by atoms with van der Waals surface area (Å²) >= 11 is 1.56. The van der Waals surface area contributed by atoms with Crippen molar-refractivity contribution in [3.8, 4) is 10.6 Å². The van der Waals surface area contributed by atoms with Crippen LogP contribution in [0, 0.1) is 18.6 Å². The first-order valence-electron chi connectivity index (χ1n) is 12.9. The first-order valence-corrected chi connectivity index (χ1v) is 13.7. The number of aromatic nitrogens is 1. The number of thiazole rings is 1. The number of rotatable bonds is 6. The molecule has 6 nitrogen and oxygen atoms in total. The van der Waals surface area contributed by atoms with Gasteiger partial charge >= 0.3 is 0 Å². The SMILES string of the molecule is Cc1ccc2nc(-c3ccc(N4C(=O)CC(N(Cc5ccc(F)cc5)C(=O)c5ccccc5F)C4=O)cc3)sc2c1. The van der Waals surface area contributed by atoms with Crippen LogP contribution in [0.1, 0.15) is 27.9 Å². The molecule has 6 rings (SSSR count). The minimum absolute atomic E-state index is 0.110. The summed E-state index contributed by atoms with van der Waals surface area (Å²) in [6.45, 7) is 1.91. The highest BCUT2D eigenvalue weighted by Crippen LogP contribution is 2.33. The molecule has 1 aliphatic rings. The average molecular weight is 568 g/mol. The Balaban J connectivity index is 1.29. The van der Waals surface area contributed by atoms with Crippen LogP contribution in [0.25, 0.3) is 20.8 Å². The van der Waals surface area contributed by atoms with Crippen LogP contribution in [0.2, 0.25) is 0 Å². The molecule has 204 valence electrons. The summed E-state index contributed by atoms with van der Waals surface area (Å²) in [5.74, 6) is -3.00. The van der Waals surface area contributed by atoms with Crippen molar-refractivity contribution in [3.63, 3.8) is 0 Å². The normalized spacial score (nSPS) is 15.1. The van der Waals surface area contributed by atoms with E-state index in [1.54, 1.807) is 35.6 Å². The Bertz CT molecular complexity index is 1800. The number of anilines is 1. The van der Waals surface area contributed by atoms with Crippen LogP contribution in [-0.2, 0) is 16.1 Å². The van der Waals surface area contributed by atoms with E-state index in [4.69, 9.17) is 0 Å². The molecule has 3 amide bonds. The largest absolute Gasteiger partial charge is 0.322 e. The Morgan fingerprint density at radius 1 is 0.976 bits per heavy atom. The molecule has 0 spiro atoms. The van der Waals surface area contributed by atoms with E-state index >= 15 is 0 Å². The van der Waals surface area contributed by atoms with Gasteiger partial charge in [-0.05, 0) is 78.7 Å². The molecule has 2 heterocycles. The molecule has 0 saturated carbocycles. The van der Waals surface area contributed by atoms with Crippen molar-refractivity contribution in [2.45, 2.75) is 25.9 Å². The molecular formula is C32H23F2N3O3S. The number of halogens is 2. The fraction of sp³-hybridized carbons (Fsp3) is 0.125. The lowest BCUT2D eigenvalue weighted by molar-refractivity contribution is -0.122. The van der Waals surface area contributed by atoms with Gasteiger partial charge < -0.3 is 4.90 Å². The second kappa shape index (κ2) is 10.7. The second-order valence-electron chi connectivity index (χ2n) is 9.86. The van der Waals surface area contributed by atoms with E-state index in [2.05, 4.69) is 11.1 Å². The molecule has 0 aliphatic carbocycles. The summed E-state index contributed by atoms with van der Waals surface area (Å²) in [6.07, 6.45) is -0.265. The molecule has 1 aliphatic heterocycles. The van der Waals surface area contributed by atoms with Crippen molar-refractivity contribution in [1.82, 2.24) is 9.88 Å².